The summed E-state index contributed by atoms with van der Waals surface area (Å²) in [6, 6.07) is 9.75. The van der Waals surface area contributed by atoms with Crippen molar-refractivity contribution in [1.29, 1.82) is 0 Å². The molecule has 0 amide bonds. The summed E-state index contributed by atoms with van der Waals surface area (Å²) in [7, 11) is 3.39. The summed E-state index contributed by atoms with van der Waals surface area (Å²) in [5.41, 5.74) is 1.09. The number of benzene rings is 1. The van der Waals surface area contributed by atoms with Crippen LogP contribution in [0, 0.1) is 0 Å². The molecule has 1 aromatic carbocycles. The van der Waals surface area contributed by atoms with E-state index in [0.29, 0.717) is 13.2 Å². The minimum absolute atomic E-state index is 0.611. The highest BCUT2D eigenvalue weighted by Crippen LogP contribution is 2.27. The van der Waals surface area contributed by atoms with Crippen LogP contribution < -0.4 is 20.1 Å². The third kappa shape index (κ3) is 5.22. The molecule has 0 saturated carbocycles. The summed E-state index contributed by atoms with van der Waals surface area (Å²) in [5.74, 6) is 3.19. The zero-order valence-electron chi connectivity index (χ0n) is 14.5. The maximum Gasteiger partial charge on any atom is 0.191 e. The molecule has 24 heavy (non-hydrogen) atoms. The van der Waals surface area contributed by atoms with Gasteiger partial charge in [0, 0.05) is 26.6 Å². The molecule has 130 valence electrons. The van der Waals surface area contributed by atoms with Gasteiger partial charge in [-0.1, -0.05) is 6.07 Å². The van der Waals surface area contributed by atoms with E-state index in [1.165, 1.54) is 0 Å². The molecular weight excluding hydrogens is 306 g/mol. The molecule has 0 saturated heterocycles. The highest BCUT2D eigenvalue weighted by atomic mass is 16.5. The number of methoxy groups -OCH3 is 1. The normalized spacial score (nSPS) is 11.2. The summed E-state index contributed by atoms with van der Waals surface area (Å²) < 4.78 is 16.2. The largest absolute Gasteiger partial charge is 0.493 e. The van der Waals surface area contributed by atoms with Gasteiger partial charge in [0.15, 0.2) is 17.5 Å². The maximum absolute atomic E-state index is 5.53. The second-order valence-corrected chi connectivity index (χ2v) is 5.10. The molecular formula is C18H25N3O3. The van der Waals surface area contributed by atoms with E-state index in [4.69, 9.17) is 13.9 Å². The van der Waals surface area contributed by atoms with E-state index >= 15 is 0 Å². The van der Waals surface area contributed by atoms with Gasteiger partial charge in [0.25, 0.3) is 0 Å². The van der Waals surface area contributed by atoms with Crippen LogP contribution in [0.2, 0.25) is 0 Å². The summed E-state index contributed by atoms with van der Waals surface area (Å²) in [6.45, 7) is 3.95. The van der Waals surface area contributed by atoms with E-state index in [9.17, 15) is 0 Å². The number of nitrogens with zero attached hydrogens (tertiary/aromatic N) is 1. The van der Waals surface area contributed by atoms with Gasteiger partial charge in [-0.2, -0.15) is 0 Å². The first-order valence-electron chi connectivity index (χ1n) is 8.03. The van der Waals surface area contributed by atoms with Gasteiger partial charge in [-0.3, -0.25) is 4.99 Å². The molecule has 0 unspecified atom stereocenters. The van der Waals surface area contributed by atoms with E-state index in [1.807, 2.05) is 37.3 Å². The number of guanidine groups is 1. The van der Waals surface area contributed by atoms with Gasteiger partial charge >= 0.3 is 0 Å². The van der Waals surface area contributed by atoms with E-state index in [2.05, 4.69) is 15.6 Å². The molecule has 0 fully saturated rings. The fourth-order valence-electron chi connectivity index (χ4n) is 2.26. The van der Waals surface area contributed by atoms with E-state index < -0.39 is 0 Å². The van der Waals surface area contributed by atoms with Crippen LogP contribution in [-0.4, -0.2) is 33.3 Å². The molecule has 0 atom stereocenters. The van der Waals surface area contributed by atoms with Gasteiger partial charge < -0.3 is 24.5 Å². The van der Waals surface area contributed by atoms with Crippen molar-refractivity contribution in [1.82, 2.24) is 10.6 Å². The lowest BCUT2D eigenvalue weighted by Crippen LogP contribution is -2.37. The Kier molecular flexibility index (Phi) is 7.01. The predicted octanol–water partition coefficient (Wildman–Crippen LogP) is 2.59. The Morgan fingerprint density at radius 3 is 2.75 bits per heavy atom. The number of hydrogen-bond donors (Lipinski definition) is 2. The van der Waals surface area contributed by atoms with Crippen molar-refractivity contribution < 1.29 is 13.9 Å². The molecule has 0 spiro atoms. The van der Waals surface area contributed by atoms with Crippen molar-refractivity contribution >= 4 is 5.96 Å². The molecule has 6 heteroatoms. The average Bonchev–Trinajstić information content (AvgIpc) is 3.12. The van der Waals surface area contributed by atoms with Gasteiger partial charge in [0.2, 0.25) is 0 Å². The van der Waals surface area contributed by atoms with E-state index in [1.54, 1.807) is 20.4 Å². The summed E-state index contributed by atoms with van der Waals surface area (Å²) in [5, 5.41) is 6.54. The Balaban J connectivity index is 1.83. The lowest BCUT2D eigenvalue weighted by Gasteiger charge is -2.13. The first-order valence-corrected chi connectivity index (χ1v) is 8.03. The number of rotatable bonds is 8. The Morgan fingerprint density at radius 2 is 2.08 bits per heavy atom. The van der Waals surface area contributed by atoms with Crippen molar-refractivity contribution in [2.75, 3.05) is 27.3 Å². The van der Waals surface area contributed by atoms with Crippen LogP contribution in [0.5, 0.6) is 11.5 Å². The summed E-state index contributed by atoms with van der Waals surface area (Å²) >= 11 is 0. The van der Waals surface area contributed by atoms with Crippen LogP contribution in [0.4, 0.5) is 0 Å². The predicted molar refractivity (Wildman–Crippen MR) is 94.8 cm³/mol. The van der Waals surface area contributed by atoms with E-state index in [0.717, 1.165) is 41.7 Å². The number of aliphatic imine (C=N–C) groups is 1. The van der Waals surface area contributed by atoms with Crippen molar-refractivity contribution in [2.24, 2.45) is 4.99 Å². The topological polar surface area (TPSA) is 68.0 Å². The maximum atomic E-state index is 5.53. The van der Waals surface area contributed by atoms with Crippen molar-refractivity contribution in [2.45, 2.75) is 19.9 Å². The molecule has 0 aliphatic heterocycles. The Bertz CT molecular complexity index is 639. The molecule has 0 aliphatic carbocycles. The fourth-order valence-corrected chi connectivity index (χ4v) is 2.26. The van der Waals surface area contributed by atoms with Crippen LogP contribution in [0.15, 0.2) is 46.0 Å². The minimum Gasteiger partial charge on any atom is -0.493 e. The van der Waals surface area contributed by atoms with Crippen LogP contribution >= 0.6 is 0 Å². The zero-order valence-corrected chi connectivity index (χ0v) is 14.5. The SMILES string of the molecule is CCOc1ccc(CNC(=NC)NCCc2ccco2)cc1OC. The van der Waals surface area contributed by atoms with Crippen LogP contribution in [0.3, 0.4) is 0 Å². The standard InChI is InChI=1S/C18H25N3O3/c1-4-23-16-8-7-14(12-17(16)22-3)13-21-18(19-2)20-10-9-15-6-5-11-24-15/h5-8,11-12H,4,9-10,13H2,1-3H3,(H2,19,20,21). The van der Waals surface area contributed by atoms with Crippen LogP contribution in [0.1, 0.15) is 18.2 Å². The van der Waals surface area contributed by atoms with Crippen molar-refractivity contribution in [3.63, 3.8) is 0 Å². The first kappa shape index (κ1) is 17.7. The van der Waals surface area contributed by atoms with Crippen LogP contribution in [-0.2, 0) is 13.0 Å². The quantitative estimate of drug-likeness (QED) is 0.575. The average molecular weight is 331 g/mol. The molecule has 6 nitrogen and oxygen atoms in total. The molecule has 2 aromatic rings. The van der Waals surface area contributed by atoms with Gasteiger partial charge in [0.1, 0.15) is 5.76 Å². The van der Waals surface area contributed by atoms with Crippen molar-refractivity contribution in [3.05, 3.63) is 47.9 Å². The first-order chi connectivity index (χ1) is 11.8. The molecule has 0 bridgehead atoms. The Morgan fingerprint density at radius 1 is 1.21 bits per heavy atom. The molecule has 1 aromatic heterocycles. The lowest BCUT2D eigenvalue weighted by molar-refractivity contribution is 0.310. The summed E-state index contributed by atoms with van der Waals surface area (Å²) in [6.07, 6.45) is 2.49. The third-order valence-corrected chi connectivity index (χ3v) is 3.46. The minimum atomic E-state index is 0.611. The second kappa shape index (κ2) is 9.50. The van der Waals surface area contributed by atoms with E-state index in [-0.39, 0.29) is 0 Å². The highest BCUT2D eigenvalue weighted by molar-refractivity contribution is 5.79. The monoisotopic (exact) mass is 331 g/mol. The third-order valence-electron chi connectivity index (χ3n) is 3.46. The van der Waals surface area contributed by atoms with Gasteiger partial charge in [-0.25, -0.2) is 0 Å². The zero-order chi connectivity index (χ0) is 17.2. The van der Waals surface area contributed by atoms with Gasteiger partial charge in [-0.15, -0.1) is 0 Å². The molecule has 0 aliphatic rings. The number of furan rings is 1. The smallest absolute Gasteiger partial charge is 0.191 e. The number of hydrogen-bond acceptors (Lipinski definition) is 4. The lowest BCUT2D eigenvalue weighted by atomic mass is 10.2. The molecule has 1 heterocycles. The molecule has 0 radical (unpaired) electrons. The van der Waals surface area contributed by atoms with Crippen LogP contribution in [0.25, 0.3) is 0 Å². The second-order valence-electron chi connectivity index (χ2n) is 5.10. The summed E-state index contributed by atoms with van der Waals surface area (Å²) in [4.78, 5) is 4.22. The van der Waals surface area contributed by atoms with Gasteiger partial charge in [-0.05, 0) is 36.8 Å². The Labute approximate surface area is 142 Å². The molecule has 2 rings (SSSR count). The molecule has 2 N–H and O–H groups in total. The number of ether oxygens (including phenoxy) is 2. The van der Waals surface area contributed by atoms with Gasteiger partial charge in [0.05, 0.1) is 20.0 Å². The Hall–Kier alpha value is -2.63. The van der Waals surface area contributed by atoms with Crippen molar-refractivity contribution in [3.8, 4) is 11.5 Å². The number of nitrogens with one attached hydrogen (secondary N) is 2. The highest BCUT2D eigenvalue weighted by Gasteiger charge is 2.06. The fraction of sp³-hybridized carbons (Fsp3) is 0.389.